The summed E-state index contributed by atoms with van der Waals surface area (Å²) in [5, 5.41) is 6.31. The molecule has 1 atom stereocenters. The van der Waals surface area contributed by atoms with Gasteiger partial charge in [-0.1, -0.05) is 24.6 Å². The number of hydrogen-bond acceptors (Lipinski definition) is 4. The Kier molecular flexibility index (Phi) is 4.68. The number of ether oxygens (including phenoxy) is 2. The van der Waals surface area contributed by atoms with E-state index in [1.165, 1.54) is 4.88 Å². The van der Waals surface area contributed by atoms with Gasteiger partial charge in [-0.3, -0.25) is 0 Å². The first kappa shape index (κ1) is 14.7. The van der Waals surface area contributed by atoms with Crippen LogP contribution in [0.1, 0.15) is 29.8 Å². The summed E-state index contributed by atoms with van der Waals surface area (Å²) < 4.78 is 11.2. The Labute approximate surface area is 133 Å². The van der Waals surface area contributed by atoms with Crippen molar-refractivity contribution >= 4 is 22.9 Å². The molecule has 0 spiro atoms. The van der Waals surface area contributed by atoms with Gasteiger partial charge in [-0.05, 0) is 35.6 Å². The molecule has 3 nitrogen and oxygen atoms in total. The van der Waals surface area contributed by atoms with E-state index in [1.807, 2.05) is 12.1 Å². The number of hydrogen-bond donors (Lipinski definition) is 1. The summed E-state index contributed by atoms with van der Waals surface area (Å²) in [6.45, 7) is 4.08. The number of fused-ring (bicyclic) bond motifs is 1. The molecule has 0 fully saturated rings. The third kappa shape index (κ3) is 3.34. The van der Waals surface area contributed by atoms with Crippen LogP contribution in [0, 0.1) is 0 Å². The first-order chi connectivity index (χ1) is 10.3. The van der Waals surface area contributed by atoms with Crippen LogP contribution in [0.15, 0.2) is 29.6 Å². The zero-order valence-corrected chi connectivity index (χ0v) is 13.5. The second-order valence-electron chi connectivity index (χ2n) is 4.96. The fourth-order valence-electron chi connectivity index (χ4n) is 2.44. The maximum Gasteiger partial charge on any atom is 0.179 e. The van der Waals surface area contributed by atoms with E-state index in [0.29, 0.717) is 30.0 Å². The summed E-state index contributed by atoms with van der Waals surface area (Å²) in [5.74, 6) is 1.41. The van der Waals surface area contributed by atoms with E-state index in [-0.39, 0.29) is 0 Å². The Morgan fingerprint density at radius 3 is 2.95 bits per heavy atom. The fourth-order valence-corrected chi connectivity index (χ4v) is 3.62. The van der Waals surface area contributed by atoms with E-state index in [4.69, 9.17) is 21.1 Å². The van der Waals surface area contributed by atoms with Crippen LogP contribution in [-0.4, -0.2) is 13.2 Å². The van der Waals surface area contributed by atoms with Crippen molar-refractivity contribution < 1.29 is 9.47 Å². The first-order valence-corrected chi connectivity index (χ1v) is 8.38. The van der Waals surface area contributed by atoms with Crippen LogP contribution >= 0.6 is 22.9 Å². The van der Waals surface area contributed by atoms with Gasteiger partial charge in [-0.15, -0.1) is 11.3 Å². The third-order valence-electron chi connectivity index (χ3n) is 3.50. The van der Waals surface area contributed by atoms with Crippen molar-refractivity contribution in [1.82, 2.24) is 5.32 Å². The molecule has 0 saturated carbocycles. The van der Waals surface area contributed by atoms with E-state index >= 15 is 0 Å². The number of thiophene rings is 1. The molecule has 1 aliphatic rings. The van der Waals surface area contributed by atoms with Crippen LogP contribution in [0.3, 0.4) is 0 Å². The molecular formula is C16H18ClNO2S. The Morgan fingerprint density at radius 2 is 2.19 bits per heavy atom. The quantitative estimate of drug-likeness (QED) is 0.884. The summed E-state index contributed by atoms with van der Waals surface area (Å²) in [6.07, 6.45) is 1.05. The topological polar surface area (TPSA) is 30.5 Å². The fraction of sp³-hybridized carbons (Fsp3) is 0.375. The molecule has 0 radical (unpaired) electrons. The summed E-state index contributed by atoms with van der Waals surface area (Å²) in [6, 6.07) is 8.59. The van der Waals surface area contributed by atoms with Gasteiger partial charge in [0.15, 0.2) is 11.5 Å². The van der Waals surface area contributed by atoms with Crippen LogP contribution in [0.5, 0.6) is 11.5 Å². The zero-order valence-electron chi connectivity index (χ0n) is 11.9. The molecule has 1 aromatic carbocycles. The van der Waals surface area contributed by atoms with Crippen molar-refractivity contribution in [2.45, 2.75) is 25.9 Å². The minimum Gasteiger partial charge on any atom is -0.486 e. The average Bonchev–Trinajstić information content (AvgIpc) is 3.02. The molecule has 1 N–H and O–H groups in total. The highest BCUT2D eigenvalue weighted by atomic mass is 35.5. The van der Waals surface area contributed by atoms with Gasteiger partial charge in [-0.25, -0.2) is 0 Å². The Bertz CT molecular complexity index is 601. The molecule has 5 heteroatoms. The molecule has 1 aliphatic heterocycles. The lowest BCUT2D eigenvalue weighted by atomic mass is 10.1. The van der Waals surface area contributed by atoms with E-state index < -0.39 is 0 Å². The van der Waals surface area contributed by atoms with Gasteiger partial charge < -0.3 is 14.8 Å². The van der Waals surface area contributed by atoms with Crippen molar-refractivity contribution in [3.05, 3.63) is 45.1 Å². The van der Waals surface area contributed by atoms with Gasteiger partial charge in [-0.2, -0.15) is 0 Å². The Morgan fingerprint density at radius 1 is 1.33 bits per heavy atom. The lowest BCUT2D eigenvalue weighted by Gasteiger charge is -2.21. The molecule has 21 heavy (non-hydrogen) atoms. The van der Waals surface area contributed by atoms with E-state index in [0.717, 1.165) is 24.3 Å². The van der Waals surface area contributed by atoms with Gasteiger partial charge in [0.25, 0.3) is 0 Å². The van der Waals surface area contributed by atoms with Crippen molar-refractivity contribution in [2.75, 3.05) is 13.2 Å². The highest BCUT2D eigenvalue weighted by molar-refractivity contribution is 7.10. The molecule has 0 bridgehead atoms. The summed E-state index contributed by atoms with van der Waals surface area (Å²) in [7, 11) is 0. The van der Waals surface area contributed by atoms with Gasteiger partial charge in [0.1, 0.15) is 13.2 Å². The van der Waals surface area contributed by atoms with Gasteiger partial charge in [0, 0.05) is 17.5 Å². The monoisotopic (exact) mass is 323 g/mol. The van der Waals surface area contributed by atoms with E-state index in [1.54, 1.807) is 11.3 Å². The largest absolute Gasteiger partial charge is 0.486 e. The molecule has 3 rings (SSSR count). The molecule has 1 unspecified atom stereocenters. The van der Waals surface area contributed by atoms with E-state index in [2.05, 4.69) is 29.8 Å². The number of halogens is 1. The second kappa shape index (κ2) is 6.69. The van der Waals surface area contributed by atoms with Crippen LogP contribution < -0.4 is 14.8 Å². The average molecular weight is 324 g/mol. The number of benzene rings is 1. The SMILES string of the molecule is CCC(NCc1cc(Cl)c2c(c1)OCCO2)c1cccs1. The normalized spacial score (nSPS) is 15.0. The maximum absolute atomic E-state index is 6.27. The lowest BCUT2D eigenvalue weighted by Crippen LogP contribution is -2.20. The first-order valence-electron chi connectivity index (χ1n) is 7.12. The third-order valence-corrected chi connectivity index (χ3v) is 4.77. The molecule has 2 heterocycles. The van der Waals surface area contributed by atoms with Gasteiger partial charge in [0.05, 0.1) is 5.02 Å². The summed E-state index contributed by atoms with van der Waals surface area (Å²) >= 11 is 8.05. The van der Waals surface area contributed by atoms with Gasteiger partial charge in [0.2, 0.25) is 0 Å². The zero-order chi connectivity index (χ0) is 14.7. The predicted molar refractivity (Wildman–Crippen MR) is 86.6 cm³/mol. The van der Waals surface area contributed by atoms with Crippen LogP contribution in [-0.2, 0) is 6.54 Å². The van der Waals surface area contributed by atoms with Crippen LogP contribution in [0.25, 0.3) is 0 Å². The van der Waals surface area contributed by atoms with Crippen LogP contribution in [0.4, 0.5) is 0 Å². The Balaban J connectivity index is 1.71. The smallest absolute Gasteiger partial charge is 0.179 e. The summed E-state index contributed by atoms with van der Waals surface area (Å²) in [5.41, 5.74) is 1.11. The molecule has 112 valence electrons. The molecule has 0 saturated heterocycles. The van der Waals surface area contributed by atoms with E-state index in [9.17, 15) is 0 Å². The van der Waals surface area contributed by atoms with Crippen molar-refractivity contribution in [3.8, 4) is 11.5 Å². The standard InChI is InChI=1S/C16H18ClNO2S/c1-2-13(15-4-3-7-21-15)18-10-11-8-12(17)16-14(9-11)19-5-6-20-16/h3-4,7-9,13,18H,2,5-6,10H2,1H3. The second-order valence-corrected chi connectivity index (χ2v) is 6.35. The predicted octanol–water partition coefficient (Wildman–Crippen LogP) is 4.41. The van der Waals surface area contributed by atoms with Crippen molar-refractivity contribution in [1.29, 1.82) is 0 Å². The lowest BCUT2D eigenvalue weighted by molar-refractivity contribution is 0.171. The number of nitrogens with one attached hydrogen (secondary N) is 1. The van der Waals surface area contributed by atoms with Gasteiger partial charge >= 0.3 is 0 Å². The highest BCUT2D eigenvalue weighted by Gasteiger charge is 2.17. The van der Waals surface area contributed by atoms with Crippen LogP contribution in [0.2, 0.25) is 5.02 Å². The van der Waals surface area contributed by atoms with Crippen molar-refractivity contribution in [2.24, 2.45) is 0 Å². The minimum absolute atomic E-state index is 0.372. The molecule has 0 amide bonds. The molecule has 0 aliphatic carbocycles. The van der Waals surface area contributed by atoms with Crippen molar-refractivity contribution in [3.63, 3.8) is 0 Å². The molecule has 2 aromatic rings. The maximum atomic E-state index is 6.27. The summed E-state index contributed by atoms with van der Waals surface area (Å²) in [4.78, 5) is 1.36. The molecule has 1 aromatic heterocycles. The molecular weight excluding hydrogens is 306 g/mol. The Hall–Kier alpha value is -1.23. The minimum atomic E-state index is 0.372. The highest BCUT2D eigenvalue weighted by Crippen LogP contribution is 2.38. The number of rotatable bonds is 5.